The van der Waals surface area contributed by atoms with Crippen LogP contribution in [0.15, 0.2) is 48.5 Å². The predicted molar refractivity (Wildman–Crippen MR) is 108 cm³/mol. The van der Waals surface area contributed by atoms with Gasteiger partial charge in [-0.25, -0.2) is 0 Å². The maximum absolute atomic E-state index is 12.6. The molecule has 0 atom stereocenters. The Bertz CT molecular complexity index is 783. The number of carbonyl (C=O) groups excluding carboxylic acids is 2. The largest absolute Gasteiger partial charge is 0.351 e. The second kappa shape index (κ2) is 9.10. The molecule has 4 nitrogen and oxygen atoms in total. The molecule has 1 N–H and O–H groups in total. The van der Waals surface area contributed by atoms with E-state index in [4.69, 9.17) is 11.6 Å². The molecule has 1 aliphatic rings. The minimum Gasteiger partial charge on any atom is -0.351 e. The van der Waals surface area contributed by atoms with Crippen molar-refractivity contribution in [1.82, 2.24) is 5.32 Å². The maximum Gasteiger partial charge on any atom is 0.253 e. The van der Waals surface area contributed by atoms with Crippen LogP contribution in [0.3, 0.4) is 0 Å². The Balaban J connectivity index is 1.55. The number of thioether (sulfide) groups is 1. The number of benzene rings is 2. The molecule has 6 heteroatoms. The van der Waals surface area contributed by atoms with Crippen molar-refractivity contribution >= 4 is 40.9 Å². The van der Waals surface area contributed by atoms with Crippen LogP contribution in [-0.4, -0.2) is 30.7 Å². The second-order valence-corrected chi connectivity index (χ2v) is 7.65. The average Bonchev–Trinajstić information content (AvgIpc) is 3.08. The third-order valence-electron chi connectivity index (χ3n) is 4.21. The molecule has 0 spiro atoms. The summed E-state index contributed by atoms with van der Waals surface area (Å²) in [7, 11) is 0. The van der Waals surface area contributed by atoms with Gasteiger partial charge < -0.3 is 10.2 Å². The number of halogens is 1. The predicted octanol–water partition coefficient (Wildman–Crippen LogP) is 4.13. The van der Waals surface area contributed by atoms with E-state index in [0.717, 1.165) is 17.9 Å². The van der Waals surface area contributed by atoms with Crippen LogP contribution in [-0.2, 0) is 10.5 Å². The summed E-state index contributed by atoms with van der Waals surface area (Å²) >= 11 is 7.85. The van der Waals surface area contributed by atoms with Gasteiger partial charge in [0.25, 0.3) is 5.91 Å². The molecule has 26 heavy (non-hydrogen) atoms. The van der Waals surface area contributed by atoms with Gasteiger partial charge in [-0.1, -0.05) is 41.9 Å². The lowest BCUT2D eigenvalue weighted by atomic mass is 10.1. The Kier molecular flexibility index (Phi) is 6.58. The number of carbonyl (C=O) groups is 2. The van der Waals surface area contributed by atoms with Crippen LogP contribution in [0, 0.1) is 0 Å². The van der Waals surface area contributed by atoms with Crippen molar-refractivity contribution in [2.75, 3.05) is 23.7 Å². The van der Waals surface area contributed by atoms with E-state index in [1.165, 1.54) is 5.56 Å². The highest BCUT2D eigenvalue weighted by molar-refractivity contribution is 7.98. The summed E-state index contributed by atoms with van der Waals surface area (Å²) in [6, 6.07) is 15.3. The monoisotopic (exact) mass is 388 g/mol. The number of hydrogen-bond acceptors (Lipinski definition) is 3. The van der Waals surface area contributed by atoms with Gasteiger partial charge in [0, 0.05) is 36.0 Å². The summed E-state index contributed by atoms with van der Waals surface area (Å²) in [5.41, 5.74) is 2.38. The van der Waals surface area contributed by atoms with Crippen LogP contribution < -0.4 is 10.2 Å². The minimum absolute atomic E-state index is 0.0414. The van der Waals surface area contributed by atoms with Crippen LogP contribution in [0.4, 0.5) is 5.69 Å². The average molecular weight is 389 g/mol. The summed E-state index contributed by atoms with van der Waals surface area (Å²) in [4.78, 5) is 26.3. The molecule has 1 heterocycles. The van der Waals surface area contributed by atoms with E-state index in [9.17, 15) is 9.59 Å². The van der Waals surface area contributed by atoms with Crippen LogP contribution in [0.5, 0.6) is 0 Å². The Labute approximate surface area is 162 Å². The van der Waals surface area contributed by atoms with Gasteiger partial charge in [-0.2, -0.15) is 11.8 Å². The zero-order chi connectivity index (χ0) is 18.4. The van der Waals surface area contributed by atoms with Gasteiger partial charge in [0.15, 0.2) is 0 Å². The van der Waals surface area contributed by atoms with Gasteiger partial charge in [-0.15, -0.1) is 0 Å². The fraction of sp³-hybridized carbons (Fsp3) is 0.300. The van der Waals surface area contributed by atoms with E-state index in [1.54, 1.807) is 34.9 Å². The lowest BCUT2D eigenvalue weighted by molar-refractivity contribution is -0.117. The first-order valence-corrected chi connectivity index (χ1v) is 10.2. The molecular formula is C20H21ClN2O2S. The van der Waals surface area contributed by atoms with Gasteiger partial charge in [0.1, 0.15) is 0 Å². The standard InChI is InChI=1S/C20H21ClN2O2S/c21-16-8-9-17(18(13-16)23-11-4-7-19(23)24)20(25)22-10-12-26-14-15-5-2-1-3-6-15/h1-3,5-6,8-9,13H,4,7,10-12,14H2,(H,22,25). The minimum atomic E-state index is -0.170. The van der Waals surface area contributed by atoms with Crippen LogP contribution in [0.1, 0.15) is 28.8 Å². The zero-order valence-corrected chi connectivity index (χ0v) is 16.0. The van der Waals surface area contributed by atoms with E-state index in [1.807, 2.05) is 18.2 Å². The lowest BCUT2D eigenvalue weighted by Gasteiger charge is -2.19. The molecule has 0 bridgehead atoms. The summed E-state index contributed by atoms with van der Waals surface area (Å²) in [5, 5.41) is 3.47. The van der Waals surface area contributed by atoms with Crippen molar-refractivity contribution in [3.63, 3.8) is 0 Å². The molecule has 2 aromatic rings. The highest BCUT2D eigenvalue weighted by atomic mass is 35.5. The van der Waals surface area contributed by atoms with Crippen LogP contribution in [0.2, 0.25) is 5.02 Å². The summed E-state index contributed by atoms with van der Waals surface area (Å²) in [6.45, 7) is 1.21. The third kappa shape index (κ3) is 4.80. The highest BCUT2D eigenvalue weighted by Gasteiger charge is 2.26. The Morgan fingerprint density at radius 1 is 1.19 bits per heavy atom. The van der Waals surface area contributed by atoms with Gasteiger partial charge in [-0.3, -0.25) is 9.59 Å². The zero-order valence-electron chi connectivity index (χ0n) is 14.4. The van der Waals surface area contributed by atoms with E-state index < -0.39 is 0 Å². The molecule has 1 fully saturated rings. The first-order chi connectivity index (χ1) is 12.6. The van der Waals surface area contributed by atoms with Crippen LogP contribution >= 0.6 is 23.4 Å². The number of amides is 2. The molecule has 0 aliphatic carbocycles. The van der Waals surface area contributed by atoms with Crippen molar-refractivity contribution in [2.24, 2.45) is 0 Å². The normalized spacial score (nSPS) is 13.9. The molecule has 3 rings (SSSR count). The molecule has 136 valence electrons. The first-order valence-electron chi connectivity index (χ1n) is 8.65. The highest BCUT2D eigenvalue weighted by Crippen LogP contribution is 2.28. The SMILES string of the molecule is O=C(NCCSCc1ccccc1)c1ccc(Cl)cc1N1CCCC1=O. The number of nitrogens with zero attached hydrogens (tertiary/aromatic N) is 1. The van der Waals surface area contributed by atoms with Crippen molar-refractivity contribution in [2.45, 2.75) is 18.6 Å². The summed E-state index contributed by atoms with van der Waals surface area (Å²) < 4.78 is 0. The Hall–Kier alpha value is -1.98. The Morgan fingerprint density at radius 3 is 2.73 bits per heavy atom. The number of hydrogen-bond donors (Lipinski definition) is 1. The fourth-order valence-electron chi connectivity index (χ4n) is 2.92. The second-order valence-electron chi connectivity index (χ2n) is 6.10. The molecule has 0 aromatic heterocycles. The van der Waals surface area contributed by atoms with Crippen molar-refractivity contribution in [3.05, 3.63) is 64.7 Å². The van der Waals surface area contributed by atoms with Gasteiger partial charge in [0.05, 0.1) is 11.3 Å². The van der Waals surface area contributed by atoms with Crippen molar-refractivity contribution in [1.29, 1.82) is 0 Å². The van der Waals surface area contributed by atoms with E-state index >= 15 is 0 Å². The van der Waals surface area contributed by atoms with Gasteiger partial charge in [0.2, 0.25) is 5.91 Å². The molecule has 2 amide bonds. The summed E-state index contributed by atoms with van der Waals surface area (Å²) in [5.74, 6) is 1.62. The third-order valence-corrected chi connectivity index (χ3v) is 5.48. The number of anilines is 1. The molecule has 2 aromatic carbocycles. The quantitative estimate of drug-likeness (QED) is 0.725. The van der Waals surface area contributed by atoms with Crippen molar-refractivity contribution in [3.8, 4) is 0 Å². The van der Waals surface area contributed by atoms with Gasteiger partial charge >= 0.3 is 0 Å². The molecular weight excluding hydrogens is 368 g/mol. The number of nitrogens with one attached hydrogen (secondary N) is 1. The molecule has 0 radical (unpaired) electrons. The fourth-order valence-corrected chi connectivity index (χ4v) is 3.90. The first kappa shape index (κ1) is 18.8. The number of rotatable bonds is 7. The smallest absolute Gasteiger partial charge is 0.253 e. The Morgan fingerprint density at radius 2 is 2.00 bits per heavy atom. The lowest BCUT2D eigenvalue weighted by Crippen LogP contribution is -2.30. The van der Waals surface area contributed by atoms with E-state index in [0.29, 0.717) is 35.8 Å². The summed E-state index contributed by atoms with van der Waals surface area (Å²) in [6.07, 6.45) is 1.33. The van der Waals surface area contributed by atoms with E-state index in [-0.39, 0.29) is 11.8 Å². The topological polar surface area (TPSA) is 49.4 Å². The molecule has 1 aliphatic heterocycles. The molecule has 0 saturated carbocycles. The van der Waals surface area contributed by atoms with Crippen molar-refractivity contribution < 1.29 is 9.59 Å². The van der Waals surface area contributed by atoms with E-state index in [2.05, 4.69) is 17.4 Å². The van der Waals surface area contributed by atoms with Gasteiger partial charge in [-0.05, 0) is 30.2 Å². The maximum atomic E-state index is 12.6. The molecule has 0 unspecified atom stereocenters. The molecule has 1 saturated heterocycles. The van der Waals surface area contributed by atoms with Crippen LogP contribution in [0.25, 0.3) is 0 Å².